The molecule has 2 amide bonds. The SMILES string of the molecule is O=C(COc1ccccc1)NC1C(=O)N2C(C(=O)O)=C(Cl)CS[C@H]12.[H-].[Li+]. The van der Waals surface area contributed by atoms with Gasteiger partial charge >= 0.3 is 24.8 Å². The molecule has 7 nitrogen and oxygen atoms in total. The van der Waals surface area contributed by atoms with Gasteiger partial charge in [0.2, 0.25) is 0 Å². The Balaban J connectivity index is 0.00000169. The largest absolute Gasteiger partial charge is 1.00 e. The molecule has 0 spiro atoms. The van der Waals surface area contributed by atoms with E-state index in [2.05, 4.69) is 5.32 Å². The molecule has 2 N–H and O–H groups in total. The van der Waals surface area contributed by atoms with Crippen LogP contribution in [0.1, 0.15) is 1.43 Å². The zero-order valence-corrected chi connectivity index (χ0v) is 14.8. The van der Waals surface area contributed by atoms with Crippen LogP contribution in [0.15, 0.2) is 41.1 Å². The summed E-state index contributed by atoms with van der Waals surface area (Å²) < 4.78 is 5.32. The van der Waals surface area contributed by atoms with Gasteiger partial charge in [0.1, 0.15) is 22.9 Å². The number of β-lactam (4-membered cyclic amide) rings is 1. The van der Waals surface area contributed by atoms with Gasteiger partial charge in [0.15, 0.2) is 6.61 Å². The van der Waals surface area contributed by atoms with Gasteiger partial charge in [0, 0.05) is 5.75 Å². The zero-order valence-electron chi connectivity index (χ0n) is 14.3. The van der Waals surface area contributed by atoms with Crippen molar-refractivity contribution in [3.63, 3.8) is 0 Å². The first-order valence-electron chi connectivity index (χ1n) is 7.03. The van der Waals surface area contributed by atoms with Crippen molar-refractivity contribution in [2.45, 2.75) is 11.4 Å². The number of thioether (sulfide) groups is 1. The molecule has 1 unspecified atom stereocenters. The van der Waals surface area contributed by atoms with E-state index in [4.69, 9.17) is 16.3 Å². The number of carbonyl (C=O) groups is 3. The molecule has 2 atom stereocenters. The van der Waals surface area contributed by atoms with Crippen molar-refractivity contribution >= 4 is 41.1 Å². The smallest absolute Gasteiger partial charge is 1.00 e. The first-order chi connectivity index (χ1) is 11.5. The minimum Gasteiger partial charge on any atom is -1.00 e. The first-order valence-corrected chi connectivity index (χ1v) is 8.45. The molecule has 2 heterocycles. The average molecular weight is 377 g/mol. The van der Waals surface area contributed by atoms with E-state index in [-0.39, 0.29) is 43.4 Å². The Morgan fingerprint density at radius 2 is 2.08 bits per heavy atom. The van der Waals surface area contributed by atoms with Crippen LogP contribution in [-0.2, 0) is 14.4 Å². The minimum atomic E-state index is -1.25. The first kappa shape index (κ1) is 19.7. The van der Waals surface area contributed by atoms with Crippen molar-refractivity contribution in [2.75, 3.05) is 12.4 Å². The molecule has 1 fully saturated rings. The predicted octanol–water partition coefficient (Wildman–Crippen LogP) is -1.88. The van der Waals surface area contributed by atoms with E-state index >= 15 is 0 Å². The van der Waals surface area contributed by atoms with Crippen LogP contribution in [0, 0.1) is 0 Å². The summed E-state index contributed by atoms with van der Waals surface area (Å²) in [7, 11) is 0. The number of amides is 2. The van der Waals surface area contributed by atoms with Crippen LogP contribution in [0.4, 0.5) is 0 Å². The van der Waals surface area contributed by atoms with Crippen LogP contribution in [-0.4, -0.2) is 51.6 Å². The number of halogens is 1. The molecule has 1 aromatic rings. The molecule has 2 aliphatic heterocycles. The molecule has 25 heavy (non-hydrogen) atoms. The number of nitrogens with zero attached hydrogens (tertiary/aromatic N) is 1. The number of carboxylic acids is 1. The fourth-order valence-corrected chi connectivity index (χ4v) is 4.01. The molecule has 1 aromatic carbocycles. The zero-order chi connectivity index (χ0) is 17.3. The number of hydrogen-bond acceptors (Lipinski definition) is 5. The monoisotopic (exact) mass is 376 g/mol. The Bertz CT molecular complexity index is 736. The maximum Gasteiger partial charge on any atom is 1.00 e. The second-order valence-electron chi connectivity index (χ2n) is 5.12. The van der Waals surface area contributed by atoms with Crippen LogP contribution in [0.3, 0.4) is 0 Å². The van der Waals surface area contributed by atoms with Gasteiger partial charge in [-0.05, 0) is 12.1 Å². The third-order valence-electron chi connectivity index (χ3n) is 3.55. The topological polar surface area (TPSA) is 95.9 Å². The fourth-order valence-electron chi connectivity index (χ4n) is 2.46. The van der Waals surface area contributed by atoms with E-state index < -0.39 is 29.2 Å². The van der Waals surface area contributed by atoms with E-state index in [9.17, 15) is 19.5 Å². The average Bonchev–Trinajstić information content (AvgIpc) is 2.58. The van der Waals surface area contributed by atoms with Gasteiger partial charge in [-0.25, -0.2) is 4.79 Å². The third-order valence-corrected chi connectivity index (χ3v) is 5.30. The summed E-state index contributed by atoms with van der Waals surface area (Å²) >= 11 is 7.19. The number of aliphatic carboxylic acids is 1. The standard InChI is InChI=1S/C15H13ClN2O5S.Li.H/c16-9-7-24-14-11(13(20)18(14)12(9)15(21)22)17-10(19)6-23-8-4-2-1-3-5-8;;/h1-5,11,14H,6-7H2,(H,17,19)(H,21,22);;/q;+1;-1/t11?,14-;;/m1../s1. The van der Waals surface area contributed by atoms with Crippen molar-refractivity contribution in [3.05, 3.63) is 41.1 Å². The van der Waals surface area contributed by atoms with E-state index in [1.54, 1.807) is 24.3 Å². The molecule has 128 valence electrons. The molecule has 10 heteroatoms. The molecule has 0 aromatic heterocycles. The molecule has 1 saturated heterocycles. The van der Waals surface area contributed by atoms with Crippen LogP contribution in [0.2, 0.25) is 0 Å². The number of carboxylic acid groups (broad SMARTS) is 1. The van der Waals surface area contributed by atoms with Crippen molar-refractivity contribution in [1.82, 2.24) is 10.2 Å². The minimum absolute atomic E-state index is 0. The number of nitrogens with one attached hydrogen (secondary N) is 1. The van der Waals surface area contributed by atoms with Crippen LogP contribution >= 0.6 is 23.4 Å². The summed E-state index contributed by atoms with van der Waals surface area (Å²) in [6.45, 7) is -0.229. The summed E-state index contributed by atoms with van der Waals surface area (Å²) in [5.41, 5.74) is -0.212. The van der Waals surface area contributed by atoms with Crippen LogP contribution in [0.25, 0.3) is 0 Å². The van der Waals surface area contributed by atoms with Gasteiger partial charge < -0.3 is 16.6 Å². The summed E-state index contributed by atoms with van der Waals surface area (Å²) in [4.78, 5) is 36.5. The molecular weight excluding hydrogens is 363 g/mol. The maximum absolute atomic E-state index is 12.2. The van der Waals surface area contributed by atoms with Gasteiger partial charge in [0.25, 0.3) is 11.8 Å². The Hall–Kier alpha value is -1.59. The number of ether oxygens (including phenoxy) is 1. The van der Waals surface area contributed by atoms with E-state index in [0.717, 1.165) is 4.90 Å². The summed E-state index contributed by atoms with van der Waals surface area (Å²) in [6, 6.07) is 8.04. The quantitative estimate of drug-likeness (QED) is 0.461. The number of fused-ring (bicyclic) bond motifs is 1. The van der Waals surface area contributed by atoms with Crippen molar-refractivity contribution in [2.24, 2.45) is 0 Å². The molecule has 0 bridgehead atoms. The summed E-state index contributed by atoms with van der Waals surface area (Å²) in [5.74, 6) is -1.37. The molecule has 0 aliphatic carbocycles. The van der Waals surface area contributed by atoms with Gasteiger partial charge in [-0.15, -0.1) is 11.8 Å². The van der Waals surface area contributed by atoms with E-state index in [1.807, 2.05) is 6.07 Å². The predicted molar refractivity (Wildman–Crippen MR) is 88.6 cm³/mol. The van der Waals surface area contributed by atoms with E-state index in [1.165, 1.54) is 11.8 Å². The van der Waals surface area contributed by atoms with Gasteiger partial charge in [-0.3, -0.25) is 14.5 Å². The van der Waals surface area contributed by atoms with Gasteiger partial charge in [-0.2, -0.15) is 0 Å². The Kier molecular flexibility index (Phi) is 6.46. The Labute approximate surface area is 166 Å². The third kappa shape index (κ3) is 3.98. The van der Waals surface area contributed by atoms with E-state index in [0.29, 0.717) is 5.75 Å². The Morgan fingerprint density at radius 1 is 1.40 bits per heavy atom. The summed E-state index contributed by atoms with van der Waals surface area (Å²) in [6.07, 6.45) is 0. The second-order valence-corrected chi connectivity index (χ2v) is 6.68. The fraction of sp³-hybridized carbons (Fsp3) is 0.267. The number of carbonyl (C=O) groups excluding carboxylic acids is 2. The number of para-hydroxylation sites is 1. The summed E-state index contributed by atoms with van der Waals surface area (Å²) in [5, 5.41) is 11.4. The van der Waals surface area contributed by atoms with Gasteiger partial charge in [-0.1, -0.05) is 29.8 Å². The molecule has 2 aliphatic rings. The van der Waals surface area contributed by atoms with Crippen molar-refractivity contribution in [1.29, 1.82) is 0 Å². The normalized spacial score (nSPS) is 21.6. The van der Waals surface area contributed by atoms with Crippen LogP contribution in [0.5, 0.6) is 5.75 Å². The number of benzene rings is 1. The van der Waals surface area contributed by atoms with Crippen molar-refractivity contribution in [3.8, 4) is 5.75 Å². The van der Waals surface area contributed by atoms with Crippen molar-refractivity contribution < 1.29 is 44.5 Å². The molecule has 3 rings (SSSR count). The van der Waals surface area contributed by atoms with Gasteiger partial charge in [0.05, 0.1) is 5.03 Å². The number of hydrogen-bond donors (Lipinski definition) is 2. The molecule has 0 saturated carbocycles. The van der Waals surface area contributed by atoms with Crippen LogP contribution < -0.4 is 28.9 Å². The molecule has 0 radical (unpaired) electrons. The molecular formula is C15H14ClLiN2O5S. The maximum atomic E-state index is 12.2. The number of rotatable bonds is 5. The Morgan fingerprint density at radius 3 is 2.72 bits per heavy atom. The second kappa shape index (κ2) is 8.19.